The monoisotopic (exact) mass is 266 g/mol. The molecule has 5 nitrogen and oxygen atoms in total. The summed E-state index contributed by atoms with van der Waals surface area (Å²) < 4.78 is 2.01. The average Bonchev–Trinajstić information content (AvgIpc) is 2.73. The van der Waals surface area contributed by atoms with Crippen molar-refractivity contribution in [3.8, 4) is 22.7 Å². The summed E-state index contributed by atoms with van der Waals surface area (Å²) >= 11 is 0. The molecule has 0 radical (unpaired) electrons. The Morgan fingerprint density at radius 2 is 1.95 bits per heavy atom. The molecule has 2 aliphatic rings. The van der Waals surface area contributed by atoms with Crippen molar-refractivity contribution < 1.29 is 5.11 Å². The van der Waals surface area contributed by atoms with Crippen molar-refractivity contribution in [3.05, 3.63) is 54.2 Å². The number of hydrogen-bond acceptors (Lipinski definition) is 4. The number of aromatic nitrogens is 4. The fourth-order valence-electron chi connectivity index (χ4n) is 2.10. The van der Waals surface area contributed by atoms with E-state index in [9.17, 15) is 0 Å². The molecule has 0 aromatic carbocycles. The van der Waals surface area contributed by atoms with E-state index in [0.29, 0.717) is 0 Å². The van der Waals surface area contributed by atoms with Crippen LogP contribution in [0.15, 0.2) is 42.9 Å². The first-order chi connectivity index (χ1) is 9.65. The number of nitrogens with zero attached hydrogens (tertiary/aromatic N) is 4. The fourth-order valence-corrected chi connectivity index (χ4v) is 2.10. The molecule has 0 unspecified atom stereocenters. The molecule has 100 valence electrons. The quantitative estimate of drug-likeness (QED) is 0.575. The first-order valence-electron chi connectivity index (χ1n) is 6.28. The van der Waals surface area contributed by atoms with E-state index in [1.807, 2.05) is 11.6 Å². The van der Waals surface area contributed by atoms with E-state index in [2.05, 4.69) is 46.3 Å². The van der Waals surface area contributed by atoms with Gasteiger partial charge in [0.2, 0.25) is 5.88 Å². The van der Waals surface area contributed by atoms with Gasteiger partial charge in [-0.3, -0.25) is 0 Å². The van der Waals surface area contributed by atoms with E-state index in [4.69, 9.17) is 5.11 Å². The Morgan fingerprint density at radius 1 is 1.10 bits per heavy atom. The standard InChI is InChI=1S/C11H10N2.C4H4N2O/c1-7-5-8(2)13(12-7)11-6-9-3-4-10(9)11;7-4-1-2-5-3-6-4/h3-6H,1-2H3;1-3H,(H,5,6,7). The van der Waals surface area contributed by atoms with Crippen molar-refractivity contribution >= 4 is 0 Å². The molecule has 5 heteroatoms. The van der Waals surface area contributed by atoms with Gasteiger partial charge in [-0.1, -0.05) is 12.1 Å². The Morgan fingerprint density at radius 3 is 2.30 bits per heavy atom. The largest absolute Gasteiger partial charge is 0.493 e. The Balaban J connectivity index is 0.000000147. The van der Waals surface area contributed by atoms with Crippen LogP contribution in [0.5, 0.6) is 5.88 Å². The molecule has 4 rings (SSSR count). The number of rotatable bonds is 1. The zero-order valence-corrected chi connectivity index (χ0v) is 11.3. The number of hydrogen-bond donors (Lipinski definition) is 1. The van der Waals surface area contributed by atoms with E-state index in [1.165, 1.54) is 41.1 Å². The minimum atomic E-state index is 0.00926. The molecule has 1 N–H and O–H groups in total. The normalized spacial score (nSPS) is 10.7. The van der Waals surface area contributed by atoms with E-state index in [0.717, 1.165) is 5.69 Å². The van der Waals surface area contributed by atoms with E-state index in [-0.39, 0.29) is 5.88 Å². The van der Waals surface area contributed by atoms with Crippen LogP contribution >= 0.6 is 0 Å². The lowest BCUT2D eigenvalue weighted by Gasteiger charge is -2.21. The second-order valence-corrected chi connectivity index (χ2v) is 4.64. The van der Waals surface area contributed by atoms with Crippen LogP contribution in [-0.2, 0) is 0 Å². The van der Waals surface area contributed by atoms with Crippen molar-refractivity contribution in [2.45, 2.75) is 13.8 Å². The van der Waals surface area contributed by atoms with Gasteiger partial charge in [0, 0.05) is 23.5 Å². The smallest absolute Gasteiger partial charge is 0.213 e. The highest BCUT2D eigenvalue weighted by Crippen LogP contribution is 2.39. The van der Waals surface area contributed by atoms with Gasteiger partial charge in [-0.25, -0.2) is 14.6 Å². The lowest BCUT2D eigenvalue weighted by Crippen LogP contribution is -2.07. The molecular formula is C15H14N4O. The SMILES string of the molecule is Cc1cc(C)n(-c2cc3ccc2-3)n1.Oc1ccncn1. The summed E-state index contributed by atoms with van der Waals surface area (Å²) in [6.45, 7) is 4.11. The van der Waals surface area contributed by atoms with Crippen molar-refractivity contribution in [2.24, 2.45) is 0 Å². The van der Waals surface area contributed by atoms with Crippen LogP contribution in [0, 0.1) is 13.8 Å². The molecule has 2 aromatic rings. The Bertz CT molecular complexity index is 750. The molecule has 2 heterocycles. The summed E-state index contributed by atoms with van der Waals surface area (Å²) in [6.07, 6.45) is 2.76. The Kier molecular flexibility index (Phi) is 2.95. The van der Waals surface area contributed by atoms with E-state index in [1.54, 1.807) is 0 Å². The van der Waals surface area contributed by atoms with Crippen LogP contribution < -0.4 is 0 Å². The third kappa shape index (κ3) is 2.14. The lowest BCUT2D eigenvalue weighted by atomic mass is 9.91. The molecule has 0 saturated carbocycles. The third-order valence-electron chi connectivity index (χ3n) is 3.11. The van der Waals surface area contributed by atoms with Gasteiger partial charge in [0.1, 0.15) is 6.33 Å². The van der Waals surface area contributed by atoms with Gasteiger partial charge in [0.25, 0.3) is 0 Å². The number of aromatic hydroxyl groups is 1. The topological polar surface area (TPSA) is 63.8 Å². The maximum Gasteiger partial charge on any atom is 0.213 e. The van der Waals surface area contributed by atoms with Gasteiger partial charge < -0.3 is 5.11 Å². The number of benzene rings is 1. The highest BCUT2D eigenvalue weighted by atomic mass is 16.3. The molecule has 0 aliphatic heterocycles. The Hall–Kier alpha value is -2.69. The van der Waals surface area contributed by atoms with Crippen LogP contribution in [0.3, 0.4) is 0 Å². The van der Waals surface area contributed by atoms with Gasteiger partial charge in [0.15, 0.2) is 0 Å². The molecule has 2 aromatic heterocycles. The second-order valence-electron chi connectivity index (χ2n) is 4.64. The third-order valence-corrected chi connectivity index (χ3v) is 3.11. The van der Waals surface area contributed by atoms with Gasteiger partial charge in [-0.2, -0.15) is 5.10 Å². The minimum absolute atomic E-state index is 0.00926. The summed E-state index contributed by atoms with van der Waals surface area (Å²) in [5.41, 5.74) is 6.24. The zero-order valence-electron chi connectivity index (χ0n) is 11.3. The molecular weight excluding hydrogens is 252 g/mol. The molecule has 0 amide bonds. The molecule has 0 saturated heterocycles. The average molecular weight is 266 g/mol. The maximum atomic E-state index is 8.48. The molecule has 0 fully saturated rings. The van der Waals surface area contributed by atoms with Crippen LogP contribution in [-0.4, -0.2) is 24.9 Å². The zero-order chi connectivity index (χ0) is 14.1. The van der Waals surface area contributed by atoms with Gasteiger partial charge >= 0.3 is 0 Å². The first kappa shape index (κ1) is 12.3. The van der Waals surface area contributed by atoms with Gasteiger partial charge in [0.05, 0.1) is 11.4 Å². The maximum absolute atomic E-state index is 8.48. The Labute approximate surface area is 116 Å². The lowest BCUT2D eigenvalue weighted by molar-refractivity contribution is 0.452. The minimum Gasteiger partial charge on any atom is -0.493 e. The molecule has 0 atom stereocenters. The van der Waals surface area contributed by atoms with Crippen molar-refractivity contribution in [2.75, 3.05) is 0 Å². The van der Waals surface area contributed by atoms with Crippen molar-refractivity contribution in [1.29, 1.82) is 0 Å². The van der Waals surface area contributed by atoms with Gasteiger partial charge in [-0.15, -0.1) is 0 Å². The predicted octanol–water partition coefficient (Wildman–Crippen LogP) is 2.65. The van der Waals surface area contributed by atoms with Crippen LogP contribution in [0.4, 0.5) is 0 Å². The first-order valence-corrected chi connectivity index (χ1v) is 6.28. The van der Waals surface area contributed by atoms with E-state index < -0.39 is 0 Å². The molecule has 20 heavy (non-hydrogen) atoms. The highest BCUT2D eigenvalue weighted by Gasteiger charge is 2.19. The predicted molar refractivity (Wildman–Crippen MR) is 75.7 cm³/mol. The number of fused-ring (bicyclic) bond motifs is 1. The summed E-state index contributed by atoms with van der Waals surface area (Å²) in [4.78, 5) is 7.00. The van der Waals surface area contributed by atoms with Gasteiger partial charge in [-0.05, 0) is 31.5 Å². The molecule has 0 bridgehead atoms. The van der Waals surface area contributed by atoms with Crippen LogP contribution in [0.25, 0.3) is 16.8 Å². The van der Waals surface area contributed by atoms with Crippen molar-refractivity contribution in [3.63, 3.8) is 0 Å². The summed E-state index contributed by atoms with van der Waals surface area (Å²) in [6, 6.07) is 9.96. The molecule has 0 spiro atoms. The number of aryl methyl sites for hydroxylation is 2. The summed E-state index contributed by atoms with van der Waals surface area (Å²) in [5.74, 6) is 0.00926. The van der Waals surface area contributed by atoms with Crippen LogP contribution in [0.1, 0.15) is 11.4 Å². The molecule has 2 aliphatic carbocycles. The second kappa shape index (κ2) is 4.77. The van der Waals surface area contributed by atoms with Crippen LogP contribution in [0.2, 0.25) is 0 Å². The summed E-state index contributed by atoms with van der Waals surface area (Å²) in [7, 11) is 0. The fraction of sp³-hybridized carbons (Fsp3) is 0.133. The van der Waals surface area contributed by atoms with E-state index >= 15 is 0 Å². The summed E-state index contributed by atoms with van der Waals surface area (Å²) in [5, 5.41) is 12.9. The highest BCUT2D eigenvalue weighted by molar-refractivity contribution is 5.87. The van der Waals surface area contributed by atoms with Crippen molar-refractivity contribution in [1.82, 2.24) is 19.7 Å².